The van der Waals surface area contributed by atoms with Crippen molar-refractivity contribution >= 4 is 16.3 Å². The fourth-order valence-corrected chi connectivity index (χ4v) is 2.31. The van der Waals surface area contributed by atoms with Gasteiger partial charge in [-0.25, -0.2) is 0 Å². The highest BCUT2D eigenvalue weighted by atomic mass is 32.1. The second-order valence-electron chi connectivity index (χ2n) is 3.91. The van der Waals surface area contributed by atoms with Crippen LogP contribution in [0.2, 0.25) is 0 Å². The van der Waals surface area contributed by atoms with E-state index >= 15 is 0 Å². The predicted octanol–water partition coefficient (Wildman–Crippen LogP) is 1.77. The van der Waals surface area contributed by atoms with Crippen LogP contribution in [0.4, 0.5) is 0 Å². The van der Waals surface area contributed by atoms with Crippen molar-refractivity contribution in [2.24, 2.45) is 0 Å². The Hall–Kier alpha value is -1.89. The minimum absolute atomic E-state index is 0.293. The van der Waals surface area contributed by atoms with Crippen molar-refractivity contribution in [3.63, 3.8) is 0 Å². The lowest BCUT2D eigenvalue weighted by atomic mass is 10.2. The lowest BCUT2D eigenvalue weighted by Crippen LogP contribution is -1.98. The molecule has 0 fully saturated rings. The smallest absolute Gasteiger partial charge is 0.235 e. The first-order valence-corrected chi connectivity index (χ1v) is 6.06. The van der Waals surface area contributed by atoms with E-state index in [0.717, 1.165) is 21.5 Å². The fraction of sp³-hybridized carbons (Fsp3) is 0.300. The predicted molar refractivity (Wildman–Crippen MR) is 63.8 cm³/mol. The van der Waals surface area contributed by atoms with E-state index in [1.54, 1.807) is 23.1 Å². The summed E-state index contributed by atoms with van der Waals surface area (Å²) in [5.74, 6) is 1.16. The van der Waals surface area contributed by atoms with E-state index in [-0.39, 0.29) is 0 Å². The van der Waals surface area contributed by atoms with Gasteiger partial charge >= 0.3 is 0 Å². The minimum Gasteiger partial charge on any atom is -0.261 e. The second kappa shape index (κ2) is 3.85. The summed E-state index contributed by atoms with van der Waals surface area (Å²) in [6, 6.07) is 0. The minimum atomic E-state index is 0.293. The molecule has 7 heteroatoms. The third-order valence-corrected chi connectivity index (χ3v) is 3.23. The van der Waals surface area contributed by atoms with E-state index in [4.69, 9.17) is 0 Å². The fourth-order valence-electron chi connectivity index (χ4n) is 1.51. The molecule has 3 aromatic rings. The zero-order chi connectivity index (χ0) is 11.8. The average Bonchev–Trinajstić information content (AvgIpc) is 2.88. The lowest BCUT2D eigenvalue weighted by Gasteiger charge is -1.97. The van der Waals surface area contributed by atoms with Crippen LogP contribution in [-0.4, -0.2) is 29.8 Å². The molecule has 0 aliphatic heterocycles. The first kappa shape index (κ1) is 10.3. The molecule has 0 spiro atoms. The van der Waals surface area contributed by atoms with Crippen LogP contribution < -0.4 is 0 Å². The maximum Gasteiger partial charge on any atom is 0.235 e. The molecule has 0 aliphatic carbocycles. The van der Waals surface area contributed by atoms with E-state index in [1.165, 1.54) is 11.3 Å². The summed E-state index contributed by atoms with van der Waals surface area (Å²) in [6.07, 6.45) is 4.99. The molecule has 0 aliphatic rings. The third kappa shape index (κ3) is 1.68. The number of nitrogens with zero attached hydrogens (tertiary/aromatic N) is 6. The first-order chi connectivity index (χ1) is 8.25. The molecule has 0 saturated carbocycles. The summed E-state index contributed by atoms with van der Waals surface area (Å²) in [5, 5.41) is 13.5. The molecular formula is C10H10N6S. The van der Waals surface area contributed by atoms with Gasteiger partial charge < -0.3 is 0 Å². The van der Waals surface area contributed by atoms with Crippen LogP contribution in [-0.2, 0) is 0 Å². The zero-order valence-corrected chi connectivity index (χ0v) is 10.2. The van der Waals surface area contributed by atoms with E-state index in [0.29, 0.717) is 5.92 Å². The van der Waals surface area contributed by atoms with Gasteiger partial charge in [-0.2, -0.15) is 9.61 Å². The molecule has 0 unspecified atom stereocenters. The molecule has 3 aromatic heterocycles. The molecule has 3 rings (SSSR count). The number of rotatable bonds is 2. The number of hydrogen-bond acceptors (Lipinski definition) is 6. The largest absolute Gasteiger partial charge is 0.261 e. The van der Waals surface area contributed by atoms with Crippen LogP contribution >= 0.6 is 11.3 Å². The maximum atomic E-state index is 4.47. The van der Waals surface area contributed by atoms with Gasteiger partial charge in [0.2, 0.25) is 4.96 Å². The quantitative estimate of drug-likeness (QED) is 0.689. The van der Waals surface area contributed by atoms with Gasteiger partial charge in [0, 0.05) is 18.3 Å². The Morgan fingerprint density at radius 3 is 2.82 bits per heavy atom. The van der Waals surface area contributed by atoms with Crippen LogP contribution in [0.1, 0.15) is 25.6 Å². The van der Waals surface area contributed by atoms with Crippen LogP contribution in [0, 0.1) is 0 Å². The summed E-state index contributed by atoms with van der Waals surface area (Å²) in [6.45, 7) is 4.13. The Labute approximate surface area is 101 Å². The third-order valence-electron chi connectivity index (χ3n) is 2.31. The van der Waals surface area contributed by atoms with Crippen LogP contribution in [0.15, 0.2) is 18.6 Å². The van der Waals surface area contributed by atoms with E-state index in [1.807, 2.05) is 0 Å². The second-order valence-corrected chi connectivity index (χ2v) is 4.86. The molecule has 0 saturated heterocycles. The van der Waals surface area contributed by atoms with E-state index in [9.17, 15) is 0 Å². The summed E-state index contributed by atoms with van der Waals surface area (Å²) in [5.41, 5.74) is 0.762. The van der Waals surface area contributed by atoms with Gasteiger partial charge in [0.25, 0.3) is 0 Å². The normalized spacial score (nSPS) is 11.5. The van der Waals surface area contributed by atoms with E-state index in [2.05, 4.69) is 39.1 Å². The molecule has 0 amide bonds. The van der Waals surface area contributed by atoms with Crippen LogP contribution in [0.5, 0.6) is 0 Å². The van der Waals surface area contributed by atoms with Crippen molar-refractivity contribution in [1.29, 1.82) is 0 Å². The topological polar surface area (TPSA) is 68.9 Å². The molecule has 0 aromatic carbocycles. The molecule has 6 nitrogen and oxygen atoms in total. The van der Waals surface area contributed by atoms with Crippen molar-refractivity contribution < 1.29 is 0 Å². The summed E-state index contributed by atoms with van der Waals surface area (Å²) in [7, 11) is 0. The van der Waals surface area contributed by atoms with E-state index < -0.39 is 0 Å². The molecule has 0 bridgehead atoms. The van der Waals surface area contributed by atoms with Crippen molar-refractivity contribution in [3.05, 3.63) is 24.4 Å². The van der Waals surface area contributed by atoms with Gasteiger partial charge in [0.15, 0.2) is 10.8 Å². The number of fused-ring (bicyclic) bond motifs is 1. The van der Waals surface area contributed by atoms with Crippen molar-refractivity contribution in [2.75, 3.05) is 0 Å². The highest BCUT2D eigenvalue weighted by molar-refractivity contribution is 7.19. The van der Waals surface area contributed by atoms with Gasteiger partial charge in [-0.15, -0.1) is 10.2 Å². The average molecular weight is 246 g/mol. The summed E-state index contributed by atoms with van der Waals surface area (Å²) >= 11 is 1.46. The molecule has 3 heterocycles. The van der Waals surface area contributed by atoms with Gasteiger partial charge in [-0.1, -0.05) is 25.2 Å². The molecular weight excluding hydrogens is 236 g/mol. The molecule has 86 valence electrons. The van der Waals surface area contributed by atoms with Crippen LogP contribution in [0.3, 0.4) is 0 Å². The highest BCUT2D eigenvalue weighted by Crippen LogP contribution is 2.24. The zero-order valence-electron chi connectivity index (χ0n) is 9.40. The van der Waals surface area contributed by atoms with Crippen LogP contribution in [0.25, 0.3) is 15.7 Å². The molecule has 0 radical (unpaired) electrons. The monoisotopic (exact) mass is 246 g/mol. The Morgan fingerprint density at radius 2 is 2.12 bits per heavy atom. The molecule has 17 heavy (non-hydrogen) atoms. The lowest BCUT2D eigenvalue weighted by molar-refractivity contribution is 0.726. The number of aromatic nitrogens is 6. The maximum absolute atomic E-state index is 4.47. The Balaban J connectivity index is 2.15. The molecule has 0 atom stereocenters. The van der Waals surface area contributed by atoms with Gasteiger partial charge in [-0.05, 0) is 0 Å². The Kier molecular flexibility index (Phi) is 2.32. The Bertz CT molecular complexity index is 641. The SMILES string of the molecule is CC(C)c1nnc2sc(-c3cnccn3)nn12. The summed E-state index contributed by atoms with van der Waals surface area (Å²) in [4.78, 5) is 9.04. The first-order valence-electron chi connectivity index (χ1n) is 5.24. The van der Waals surface area contributed by atoms with Gasteiger partial charge in [0.05, 0.1) is 6.20 Å². The highest BCUT2D eigenvalue weighted by Gasteiger charge is 2.15. The summed E-state index contributed by atoms with van der Waals surface area (Å²) < 4.78 is 1.78. The standard InChI is InChI=1S/C10H10N6S/c1-6(2)8-13-14-10-16(8)15-9(17-10)7-5-11-3-4-12-7/h3-6H,1-2H3. The van der Waals surface area contributed by atoms with Crippen molar-refractivity contribution in [2.45, 2.75) is 19.8 Å². The molecule has 0 N–H and O–H groups in total. The van der Waals surface area contributed by atoms with Crippen molar-refractivity contribution in [3.8, 4) is 10.7 Å². The Morgan fingerprint density at radius 1 is 1.24 bits per heavy atom. The van der Waals surface area contributed by atoms with Crippen molar-refractivity contribution in [1.82, 2.24) is 29.8 Å². The number of hydrogen-bond donors (Lipinski definition) is 0. The van der Waals surface area contributed by atoms with Gasteiger partial charge in [0.1, 0.15) is 5.69 Å². The van der Waals surface area contributed by atoms with Gasteiger partial charge in [-0.3, -0.25) is 9.97 Å².